The standard InChI is InChI=1S/C13H15N/c1-3-11-8-13(14-9-11)12-6-4-10(2)5-7-12/h4-7,9H,3,8H2,1-2H3. The molecular weight excluding hydrogens is 170 g/mol. The Balaban J connectivity index is 2.16. The Morgan fingerprint density at radius 1 is 1.21 bits per heavy atom. The second-order valence-electron chi connectivity index (χ2n) is 3.76. The first-order chi connectivity index (χ1) is 6.79. The topological polar surface area (TPSA) is 12.4 Å². The molecule has 1 aromatic carbocycles. The predicted octanol–water partition coefficient (Wildman–Crippen LogP) is 3.48. The van der Waals surface area contributed by atoms with Crippen LogP contribution in [0.2, 0.25) is 0 Å². The van der Waals surface area contributed by atoms with Crippen LogP contribution in [0.15, 0.2) is 41.0 Å². The average Bonchev–Trinajstić information content (AvgIpc) is 2.67. The smallest absolute Gasteiger partial charge is 0.0516 e. The van der Waals surface area contributed by atoms with Crippen molar-refractivity contribution in [3.63, 3.8) is 0 Å². The van der Waals surface area contributed by atoms with Crippen molar-refractivity contribution in [1.29, 1.82) is 0 Å². The summed E-state index contributed by atoms with van der Waals surface area (Å²) in [6.45, 7) is 4.29. The Kier molecular flexibility index (Phi) is 2.49. The van der Waals surface area contributed by atoms with E-state index in [1.807, 2.05) is 6.20 Å². The molecular formula is C13H15N. The van der Waals surface area contributed by atoms with Crippen molar-refractivity contribution < 1.29 is 0 Å². The maximum Gasteiger partial charge on any atom is 0.0516 e. The zero-order valence-corrected chi connectivity index (χ0v) is 8.75. The van der Waals surface area contributed by atoms with E-state index in [0.717, 1.165) is 12.8 Å². The summed E-state index contributed by atoms with van der Waals surface area (Å²) in [5.74, 6) is 0. The molecule has 1 aliphatic rings. The molecule has 1 aromatic rings. The summed E-state index contributed by atoms with van der Waals surface area (Å²) >= 11 is 0. The van der Waals surface area contributed by atoms with E-state index in [2.05, 4.69) is 43.1 Å². The number of rotatable bonds is 2. The Hall–Kier alpha value is -1.37. The first-order valence-corrected chi connectivity index (χ1v) is 5.11. The number of nitrogens with zero attached hydrogens (tertiary/aromatic N) is 1. The highest BCUT2D eigenvalue weighted by atomic mass is 14.7. The number of hydrogen-bond donors (Lipinski definition) is 0. The third-order valence-electron chi connectivity index (χ3n) is 2.64. The molecule has 1 aliphatic heterocycles. The first kappa shape index (κ1) is 9.20. The Morgan fingerprint density at radius 2 is 1.93 bits per heavy atom. The number of hydrogen-bond acceptors (Lipinski definition) is 1. The summed E-state index contributed by atoms with van der Waals surface area (Å²) < 4.78 is 0. The van der Waals surface area contributed by atoms with Gasteiger partial charge in [-0.15, -0.1) is 0 Å². The van der Waals surface area contributed by atoms with Gasteiger partial charge < -0.3 is 0 Å². The van der Waals surface area contributed by atoms with Crippen LogP contribution >= 0.6 is 0 Å². The second-order valence-corrected chi connectivity index (χ2v) is 3.76. The fraction of sp³-hybridized carbons (Fsp3) is 0.308. The van der Waals surface area contributed by atoms with Crippen molar-refractivity contribution >= 4 is 5.71 Å². The van der Waals surface area contributed by atoms with Gasteiger partial charge in [-0.2, -0.15) is 0 Å². The SMILES string of the molecule is CCC1=CN=C(c2ccc(C)cc2)C1. The van der Waals surface area contributed by atoms with Crippen molar-refractivity contribution in [3.8, 4) is 0 Å². The highest BCUT2D eigenvalue weighted by molar-refractivity contribution is 6.03. The minimum absolute atomic E-state index is 1.03. The van der Waals surface area contributed by atoms with E-state index in [1.54, 1.807) is 0 Å². The van der Waals surface area contributed by atoms with E-state index in [9.17, 15) is 0 Å². The average molecular weight is 185 g/mol. The molecule has 0 radical (unpaired) electrons. The van der Waals surface area contributed by atoms with E-state index in [4.69, 9.17) is 0 Å². The Labute approximate surface area is 85.2 Å². The molecule has 0 fully saturated rings. The van der Waals surface area contributed by atoms with Gasteiger partial charge in [0.05, 0.1) is 5.71 Å². The summed E-state index contributed by atoms with van der Waals surface area (Å²) in [7, 11) is 0. The minimum Gasteiger partial charge on any atom is -0.260 e. The summed E-state index contributed by atoms with van der Waals surface area (Å²) in [5.41, 5.74) is 5.20. The summed E-state index contributed by atoms with van der Waals surface area (Å²) in [4.78, 5) is 4.44. The number of aryl methyl sites for hydroxylation is 1. The van der Waals surface area contributed by atoms with Gasteiger partial charge in [-0.25, -0.2) is 0 Å². The van der Waals surface area contributed by atoms with Crippen LogP contribution in [0, 0.1) is 6.92 Å². The van der Waals surface area contributed by atoms with Gasteiger partial charge in [-0.05, 0) is 24.5 Å². The van der Waals surface area contributed by atoms with Gasteiger partial charge >= 0.3 is 0 Å². The molecule has 1 heterocycles. The van der Waals surface area contributed by atoms with Crippen molar-refractivity contribution in [3.05, 3.63) is 47.2 Å². The number of benzene rings is 1. The van der Waals surface area contributed by atoms with E-state index in [-0.39, 0.29) is 0 Å². The van der Waals surface area contributed by atoms with Gasteiger partial charge in [0.25, 0.3) is 0 Å². The fourth-order valence-corrected chi connectivity index (χ4v) is 1.61. The summed E-state index contributed by atoms with van der Waals surface area (Å²) in [6, 6.07) is 8.59. The maximum absolute atomic E-state index is 4.44. The van der Waals surface area contributed by atoms with Gasteiger partial charge in [0.1, 0.15) is 0 Å². The van der Waals surface area contributed by atoms with Crippen LogP contribution in [0.4, 0.5) is 0 Å². The van der Waals surface area contributed by atoms with E-state index in [1.165, 1.54) is 22.4 Å². The lowest BCUT2D eigenvalue weighted by Crippen LogP contribution is -1.97. The largest absolute Gasteiger partial charge is 0.260 e. The van der Waals surface area contributed by atoms with Crippen LogP contribution in [-0.2, 0) is 0 Å². The third-order valence-corrected chi connectivity index (χ3v) is 2.64. The monoisotopic (exact) mass is 185 g/mol. The highest BCUT2D eigenvalue weighted by Gasteiger charge is 2.10. The predicted molar refractivity (Wildman–Crippen MR) is 60.7 cm³/mol. The van der Waals surface area contributed by atoms with Crippen molar-refractivity contribution in [1.82, 2.24) is 0 Å². The molecule has 0 N–H and O–H groups in total. The maximum atomic E-state index is 4.44. The molecule has 0 spiro atoms. The van der Waals surface area contributed by atoms with Gasteiger partial charge in [-0.1, -0.05) is 36.8 Å². The van der Waals surface area contributed by atoms with Crippen molar-refractivity contribution in [2.75, 3.05) is 0 Å². The Bertz CT molecular complexity index is 382. The first-order valence-electron chi connectivity index (χ1n) is 5.11. The number of allylic oxidation sites excluding steroid dienone is 1. The second kappa shape index (κ2) is 3.79. The molecule has 72 valence electrons. The fourth-order valence-electron chi connectivity index (χ4n) is 1.61. The van der Waals surface area contributed by atoms with Gasteiger partial charge in [-0.3, -0.25) is 4.99 Å². The molecule has 2 rings (SSSR count). The van der Waals surface area contributed by atoms with Crippen LogP contribution in [0.1, 0.15) is 30.9 Å². The van der Waals surface area contributed by atoms with Gasteiger partial charge in [0.15, 0.2) is 0 Å². The molecule has 0 saturated heterocycles. The normalized spacial score (nSPS) is 15.3. The highest BCUT2D eigenvalue weighted by Crippen LogP contribution is 2.19. The summed E-state index contributed by atoms with van der Waals surface area (Å²) in [6.07, 6.45) is 4.15. The van der Waals surface area contributed by atoms with Crippen LogP contribution in [0.25, 0.3) is 0 Å². The van der Waals surface area contributed by atoms with Crippen LogP contribution in [-0.4, -0.2) is 5.71 Å². The quantitative estimate of drug-likeness (QED) is 0.669. The van der Waals surface area contributed by atoms with Crippen molar-refractivity contribution in [2.45, 2.75) is 26.7 Å². The van der Waals surface area contributed by atoms with E-state index in [0.29, 0.717) is 0 Å². The molecule has 0 aromatic heterocycles. The molecule has 0 unspecified atom stereocenters. The van der Waals surface area contributed by atoms with Gasteiger partial charge in [0, 0.05) is 12.6 Å². The molecule has 1 heteroatoms. The van der Waals surface area contributed by atoms with Crippen LogP contribution < -0.4 is 0 Å². The zero-order chi connectivity index (χ0) is 9.97. The van der Waals surface area contributed by atoms with E-state index >= 15 is 0 Å². The number of aliphatic imine (C=N–C) groups is 1. The molecule has 1 nitrogen and oxygen atoms in total. The van der Waals surface area contributed by atoms with E-state index < -0.39 is 0 Å². The molecule has 14 heavy (non-hydrogen) atoms. The molecule has 0 saturated carbocycles. The molecule has 0 bridgehead atoms. The third kappa shape index (κ3) is 1.77. The lowest BCUT2D eigenvalue weighted by atomic mass is 10.0. The van der Waals surface area contributed by atoms with Crippen molar-refractivity contribution in [2.24, 2.45) is 4.99 Å². The minimum atomic E-state index is 1.03. The lowest BCUT2D eigenvalue weighted by molar-refractivity contribution is 1.07. The zero-order valence-electron chi connectivity index (χ0n) is 8.75. The van der Waals surface area contributed by atoms with Gasteiger partial charge in [0.2, 0.25) is 0 Å². The molecule has 0 amide bonds. The summed E-state index contributed by atoms with van der Waals surface area (Å²) in [5, 5.41) is 0. The lowest BCUT2D eigenvalue weighted by Gasteiger charge is -2.02. The Morgan fingerprint density at radius 3 is 2.50 bits per heavy atom. The molecule has 0 atom stereocenters. The van der Waals surface area contributed by atoms with Crippen LogP contribution in [0.3, 0.4) is 0 Å². The van der Waals surface area contributed by atoms with Crippen LogP contribution in [0.5, 0.6) is 0 Å². The molecule has 0 aliphatic carbocycles.